The molecule has 0 bridgehead atoms. The van der Waals surface area contributed by atoms with Crippen LogP contribution >= 0.6 is 0 Å². The largest absolute Gasteiger partial charge is 0.477 e. The van der Waals surface area contributed by atoms with Crippen molar-refractivity contribution in [2.24, 2.45) is 0 Å². The molecule has 72 heavy (non-hydrogen) atoms. The van der Waals surface area contributed by atoms with Crippen LogP contribution in [0.25, 0.3) is 0 Å². The molecule has 9 heteroatoms. The molecule has 0 heterocycles. The lowest BCUT2D eigenvalue weighted by atomic mass is 10.0. The lowest BCUT2D eigenvalue weighted by Crippen LogP contribution is -2.40. The second kappa shape index (κ2) is 54.0. The third-order valence-electron chi connectivity index (χ3n) is 12.7. The van der Waals surface area contributed by atoms with E-state index in [2.05, 4.69) is 86.8 Å². The van der Waals surface area contributed by atoms with Gasteiger partial charge >= 0.3 is 17.9 Å². The zero-order valence-electron chi connectivity index (χ0n) is 47.3. The van der Waals surface area contributed by atoms with E-state index in [1.54, 1.807) is 0 Å². The van der Waals surface area contributed by atoms with Crippen molar-refractivity contribution in [3.63, 3.8) is 0 Å². The molecule has 0 fully saturated rings. The molecular weight excluding hydrogens is 899 g/mol. The quantitative estimate of drug-likeness (QED) is 0.0211. The Bertz CT molecular complexity index is 1410. The number of quaternary nitrogens is 1. The molecule has 0 aromatic carbocycles. The summed E-state index contributed by atoms with van der Waals surface area (Å²) in [7, 11) is 5.97. The molecule has 0 aromatic heterocycles. The van der Waals surface area contributed by atoms with Crippen molar-refractivity contribution >= 4 is 17.9 Å². The number of carbonyl (C=O) groups excluding carboxylic acids is 2. The Balaban J connectivity index is 4.13. The van der Waals surface area contributed by atoms with Crippen molar-refractivity contribution in [3.8, 4) is 0 Å². The number of likely N-dealkylation sites (N-methyl/N-ethyl adjacent to an activating group) is 1. The second-order valence-electron chi connectivity index (χ2n) is 20.9. The monoisotopic (exact) mass is 1010 g/mol. The number of aliphatic carboxylic acids is 1. The van der Waals surface area contributed by atoms with Crippen LogP contribution in [0.15, 0.2) is 72.9 Å². The molecule has 0 aromatic rings. The number of hydrogen-bond donors (Lipinski definition) is 1. The number of carbonyl (C=O) groups is 3. The predicted molar refractivity (Wildman–Crippen MR) is 304 cm³/mol. The Kier molecular flexibility index (Phi) is 51.6. The average molecular weight is 1010 g/mol. The topological polar surface area (TPSA) is 108 Å². The summed E-state index contributed by atoms with van der Waals surface area (Å²) in [6.45, 7) is 4.78. The lowest BCUT2D eigenvalue weighted by molar-refractivity contribution is -0.870. The summed E-state index contributed by atoms with van der Waals surface area (Å²) in [4.78, 5) is 37.4. The summed E-state index contributed by atoms with van der Waals surface area (Å²) < 4.78 is 22.9. The molecule has 0 aliphatic heterocycles. The van der Waals surface area contributed by atoms with Gasteiger partial charge in [-0.3, -0.25) is 9.59 Å². The van der Waals surface area contributed by atoms with Gasteiger partial charge in [-0.15, -0.1) is 0 Å². The van der Waals surface area contributed by atoms with Crippen LogP contribution in [0.4, 0.5) is 0 Å². The minimum absolute atomic E-state index is 0.180. The molecule has 0 rings (SSSR count). The van der Waals surface area contributed by atoms with E-state index in [0.717, 1.165) is 77.0 Å². The van der Waals surface area contributed by atoms with Crippen molar-refractivity contribution < 1.29 is 42.9 Å². The molecule has 2 atom stereocenters. The second-order valence-corrected chi connectivity index (χ2v) is 20.9. The zero-order valence-corrected chi connectivity index (χ0v) is 47.3. The molecule has 0 saturated heterocycles. The molecule has 2 unspecified atom stereocenters. The standard InChI is InChI=1S/C63H111NO8/c1-6-8-10-12-14-16-18-20-22-23-24-25-26-27-28-29-30-31-32-33-34-35-36-37-38-39-40-42-44-46-48-50-52-54-61(66)72-59(58-71-63(62(67)68)69-56-55-64(3,4)5)57-70-60(65)53-51-49-47-45-43-41-21-19-17-15-13-11-9-7-2/h8,10,14,16,20,22,24-25,27-28,30-31,59,63H,6-7,9,11-13,15,17-19,21,23,26,29,32-58H2,1-5H3/p+1/b10-8-,16-14-,22-20-,25-24-,28-27-,31-30-. The van der Waals surface area contributed by atoms with E-state index < -0.39 is 24.3 Å². The third kappa shape index (κ3) is 54.5. The number of ether oxygens (including phenoxy) is 4. The van der Waals surface area contributed by atoms with Crippen molar-refractivity contribution in [3.05, 3.63) is 72.9 Å². The molecule has 9 nitrogen and oxygen atoms in total. The maximum atomic E-state index is 12.9. The number of carboxylic acid groups (broad SMARTS) is 1. The van der Waals surface area contributed by atoms with Crippen molar-refractivity contribution in [2.45, 2.75) is 264 Å². The Morgan fingerprint density at radius 3 is 1.18 bits per heavy atom. The first-order valence-corrected chi connectivity index (χ1v) is 29.6. The minimum atomic E-state index is -1.51. The van der Waals surface area contributed by atoms with E-state index in [0.29, 0.717) is 17.4 Å². The van der Waals surface area contributed by atoms with Gasteiger partial charge in [-0.2, -0.15) is 0 Å². The number of hydrogen-bond acceptors (Lipinski definition) is 7. The summed E-state index contributed by atoms with van der Waals surface area (Å²) in [5.41, 5.74) is 0. The minimum Gasteiger partial charge on any atom is -0.477 e. The molecule has 1 N–H and O–H groups in total. The molecule has 0 aliphatic carbocycles. The maximum Gasteiger partial charge on any atom is 0.361 e. The number of unbranched alkanes of at least 4 members (excludes halogenated alkanes) is 27. The molecule has 0 saturated carbocycles. The fourth-order valence-electron chi connectivity index (χ4n) is 8.19. The maximum absolute atomic E-state index is 12.9. The van der Waals surface area contributed by atoms with Crippen LogP contribution in [0, 0.1) is 0 Å². The first-order valence-electron chi connectivity index (χ1n) is 29.6. The van der Waals surface area contributed by atoms with Crippen LogP contribution in [-0.4, -0.2) is 87.4 Å². The SMILES string of the molecule is CC/C=C\C/C=C\C/C=C\C/C=C\C/C=C\C/C=C\CCCCCCCCCCCCCCCCC(=O)OC(COC(=O)CCCCCCCCCCCCCCCC)COC(OCC[N+](C)(C)C)C(=O)O. The van der Waals surface area contributed by atoms with Crippen LogP contribution in [0.2, 0.25) is 0 Å². The van der Waals surface area contributed by atoms with Gasteiger partial charge in [0.1, 0.15) is 13.2 Å². The van der Waals surface area contributed by atoms with Gasteiger partial charge in [-0.1, -0.05) is 247 Å². The van der Waals surface area contributed by atoms with Crippen molar-refractivity contribution in [2.75, 3.05) is 47.5 Å². The summed E-state index contributed by atoms with van der Waals surface area (Å²) >= 11 is 0. The number of rotatable bonds is 54. The van der Waals surface area contributed by atoms with Gasteiger partial charge in [-0.05, 0) is 64.2 Å². The molecule has 0 aliphatic rings. The highest BCUT2D eigenvalue weighted by Crippen LogP contribution is 2.16. The van der Waals surface area contributed by atoms with E-state index >= 15 is 0 Å². The zero-order chi connectivity index (χ0) is 52.7. The fourth-order valence-corrected chi connectivity index (χ4v) is 8.19. The highest BCUT2D eigenvalue weighted by atomic mass is 16.7. The van der Waals surface area contributed by atoms with E-state index in [1.165, 1.54) is 148 Å². The molecule has 416 valence electrons. The number of carboxylic acids is 1. The Hall–Kier alpha value is -3.27. The van der Waals surface area contributed by atoms with E-state index in [4.69, 9.17) is 18.9 Å². The summed E-state index contributed by atoms with van der Waals surface area (Å²) in [6.07, 6.45) is 67.0. The average Bonchev–Trinajstić information content (AvgIpc) is 3.35. The number of nitrogens with zero attached hydrogens (tertiary/aromatic N) is 1. The van der Waals surface area contributed by atoms with Crippen LogP contribution in [0.3, 0.4) is 0 Å². The summed E-state index contributed by atoms with van der Waals surface area (Å²) in [5.74, 6) is -2.00. The fraction of sp³-hybridized carbons (Fsp3) is 0.762. The van der Waals surface area contributed by atoms with Crippen molar-refractivity contribution in [1.82, 2.24) is 0 Å². The van der Waals surface area contributed by atoms with Crippen molar-refractivity contribution in [1.29, 1.82) is 0 Å². The van der Waals surface area contributed by atoms with Gasteiger partial charge in [-0.25, -0.2) is 4.79 Å². The van der Waals surface area contributed by atoms with Crippen LogP contribution in [0.1, 0.15) is 251 Å². The first kappa shape index (κ1) is 68.7. The van der Waals surface area contributed by atoms with Crippen LogP contribution in [-0.2, 0) is 33.3 Å². The van der Waals surface area contributed by atoms with Gasteiger partial charge in [0, 0.05) is 12.8 Å². The van der Waals surface area contributed by atoms with E-state index in [-0.39, 0.29) is 32.2 Å². The van der Waals surface area contributed by atoms with Gasteiger partial charge in [0.25, 0.3) is 6.29 Å². The van der Waals surface area contributed by atoms with Gasteiger partial charge < -0.3 is 28.5 Å². The molecule has 0 radical (unpaired) electrons. The van der Waals surface area contributed by atoms with Crippen LogP contribution in [0.5, 0.6) is 0 Å². The highest BCUT2D eigenvalue weighted by Gasteiger charge is 2.25. The number of esters is 2. The predicted octanol–water partition coefficient (Wildman–Crippen LogP) is 17.4. The molecular formula is C63H112NO8+. The normalized spacial score (nSPS) is 13.3. The first-order chi connectivity index (χ1) is 35.1. The Morgan fingerprint density at radius 2 is 0.792 bits per heavy atom. The van der Waals surface area contributed by atoms with E-state index in [1.807, 2.05) is 21.1 Å². The number of allylic oxidation sites excluding steroid dienone is 12. The third-order valence-corrected chi connectivity index (χ3v) is 12.7. The summed E-state index contributed by atoms with van der Waals surface area (Å²) in [5, 5.41) is 9.69. The molecule has 0 spiro atoms. The van der Waals surface area contributed by atoms with E-state index in [9.17, 15) is 19.5 Å². The summed E-state index contributed by atoms with van der Waals surface area (Å²) in [6, 6.07) is 0. The Morgan fingerprint density at radius 1 is 0.431 bits per heavy atom. The lowest BCUT2D eigenvalue weighted by Gasteiger charge is -2.25. The van der Waals surface area contributed by atoms with Gasteiger partial charge in [0.2, 0.25) is 0 Å². The smallest absolute Gasteiger partial charge is 0.361 e. The molecule has 0 amide bonds. The van der Waals surface area contributed by atoms with Crippen LogP contribution < -0.4 is 0 Å². The van der Waals surface area contributed by atoms with Gasteiger partial charge in [0.15, 0.2) is 6.10 Å². The highest BCUT2D eigenvalue weighted by molar-refractivity contribution is 5.71. The van der Waals surface area contributed by atoms with Gasteiger partial charge in [0.05, 0.1) is 34.4 Å². The Labute approximate surface area is 443 Å².